The second-order valence-corrected chi connectivity index (χ2v) is 13.0. The van der Waals surface area contributed by atoms with Crippen molar-refractivity contribution in [2.24, 2.45) is 0 Å². The lowest BCUT2D eigenvalue weighted by molar-refractivity contribution is -0.130. The summed E-state index contributed by atoms with van der Waals surface area (Å²) in [7, 11) is -6.53. The van der Waals surface area contributed by atoms with Gasteiger partial charge >= 0.3 is 0 Å². The highest BCUT2D eigenvalue weighted by molar-refractivity contribution is 7.90. The molecule has 188 valence electrons. The van der Waals surface area contributed by atoms with E-state index in [0.717, 1.165) is 50.6 Å². The van der Waals surface area contributed by atoms with Crippen LogP contribution in [0.3, 0.4) is 0 Å². The minimum atomic E-state index is -3.34. The third-order valence-corrected chi connectivity index (χ3v) is 8.49. The Hall–Kier alpha value is -1.49. The number of sulfonamides is 1. The molecule has 0 aromatic heterocycles. The van der Waals surface area contributed by atoms with Crippen LogP contribution in [0.25, 0.3) is 0 Å². The first kappa shape index (κ1) is 27.8. The summed E-state index contributed by atoms with van der Waals surface area (Å²) in [6.07, 6.45) is 6.75. The number of carbonyl (C=O) groups excluding carboxylic acids is 1. The Kier molecular flexibility index (Phi) is 10.3. The molecule has 1 heterocycles. The van der Waals surface area contributed by atoms with E-state index in [0.29, 0.717) is 37.0 Å². The molecule has 0 spiro atoms. The Labute approximate surface area is 199 Å². The van der Waals surface area contributed by atoms with Crippen molar-refractivity contribution < 1.29 is 21.6 Å². The molecule has 10 heteroatoms. The van der Waals surface area contributed by atoms with Gasteiger partial charge in [0.1, 0.15) is 0 Å². The molecule has 8 nitrogen and oxygen atoms in total. The van der Waals surface area contributed by atoms with Gasteiger partial charge in [0.05, 0.1) is 17.7 Å². The maximum absolute atomic E-state index is 12.5. The highest BCUT2D eigenvalue weighted by atomic mass is 32.2. The number of carbonyl (C=O) groups is 1. The molecule has 1 aliphatic heterocycles. The van der Waals surface area contributed by atoms with Crippen LogP contribution in [0.2, 0.25) is 0 Å². The van der Waals surface area contributed by atoms with E-state index in [9.17, 15) is 21.6 Å². The fourth-order valence-corrected chi connectivity index (χ4v) is 5.65. The summed E-state index contributed by atoms with van der Waals surface area (Å²) in [6, 6.07) is 7.44. The number of benzene rings is 1. The van der Waals surface area contributed by atoms with E-state index in [1.54, 1.807) is 17.0 Å². The molecule has 1 aromatic carbocycles. The summed E-state index contributed by atoms with van der Waals surface area (Å²) in [4.78, 5) is 17.0. The predicted octanol–water partition coefficient (Wildman–Crippen LogP) is 2.01. The van der Waals surface area contributed by atoms with E-state index in [-0.39, 0.29) is 12.5 Å². The van der Waals surface area contributed by atoms with Crippen molar-refractivity contribution in [3.05, 3.63) is 29.8 Å². The second kappa shape index (κ2) is 12.3. The first-order valence-corrected chi connectivity index (χ1v) is 15.4. The van der Waals surface area contributed by atoms with E-state index in [1.165, 1.54) is 10.6 Å². The van der Waals surface area contributed by atoms with Crippen LogP contribution in [0.15, 0.2) is 29.2 Å². The van der Waals surface area contributed by atoms with Crippen LogP contribution in [0, 0.1) is 0 Å². The topological polar surface area (TPSA) is 95.1 Å². The number of amides is 1. The fraction of sp³-hybridized carbons (Fsp3) is 0.696. The van der Waals surface area contributed by atoms with E-state index in [4.69, 9.17) is 0 Å². The molecule has 1 fully saturated rings. The monoisotopic (exact) mass is 501 g/mol. The molecule has 0 N–H and O–H groups in total. The molecule has 1 aliphatic rings. The summed E-state index contributed by atoms with van der Waals surface area (Å²) < 4.78 is 48.1. The molecule has 1 unspecified atom stereocenters. The van der Waals surface area contributed by atoms with Gasteiger partial charge in [-0.1, -0.05) is 19.1 Å². The van der Waals surface area contributed by atoms with E-state index in [2.05, 4.69) is 18.7 Å². The SMILES string of the molecule is CCCN(CCCCN1CCCN(S(C)(=O)=O)CC1=O)C(C)Cc1ccc(S(C)(=O)=O)cc1. The lowest BCUT2D eigenvalue weighted by Crippen LogP contribution is -2.39. The number of nitrogens with zero attached hydrogens (tertiary/aromatic N) is 3. The first-order valence-electron chi connectivity index (χ1n) is 11.7. The lowest BCUT2D eigenvalue weighted by Gasteiger charge is -2.29. The molecule has 0 saturated carbocycles. The van der Waals surface area contributed by atoms with Gasteiger partial charge in [-0.2, -0.15) is 4.31 Å². The highest BCUT2D eigenvalue weighted by Gasteiger charge is 2.26. The van der Waals surface area contributed by atoms with Gasteiger partial charge in [-0.05, 0) is 69.8 Å². The molecule has 1 atom stereocenters. The smallest absolute Gasteiger partial charge is 0.237 e. The average molecular weight is 502 g/mol. The van der Waals surface area contributed by atoms with Gasteiger partial charge in [-0.3, -0.25) is 4.79 Å². The summed E-state index contributed by atoms with van der Waals surface area (Å²) in [6.45, 7) is 7.84. The third kappa shape index (κ3) is 8.99. The van der Waals surface area contributed by atoms with Crippen LogP contribution in [0.4, 0.5) is 0 Å². The quantitative estimate of drug-likeness (QED) is 0.407. The van der Waals surface area contributed by atoms with Gasteiger partial charge in [0, 0.05) is 31.9 Å². The van der Waals surface area contributed by atoms with Crippen molar-refractivity contribution >= 4 is 25.8 Å². The van der Waals surface area contributed by atoms with Crippen LogP contribution in [0.1, 0.15) is 45.1 Å². The number of hydrogen-bond donors (Lipinski definition) is 0. The van der Waals surface area contributed by atoms with Crippen LogP contribution in [0.5, 0.6) is 0 Å². The molecule has 2 rings (SSSR count). The van der Waals surface area contributed by atoms with Crippen molar-refractivity contribution in [2.45, 2.75) is 56.9 Å². The van der Waals surface area contributed by atoms with Gasteiger partial charge in [-0.25, -0.2) is 16.8 Å². The Balaban J connectivity index is 1.84. The maximum atomic E-state index is 12.5. The molecule has 33 heavy (non-hydrogen) atoms. The number of hydrogen-bond acceptors (Lipinski definition) is 6. The van der Waals surface area contributed by atoms with Crippen molar-refractivity contribution in [3.8, 4) is 0 Å². The van der Waals surface area contributed by atoms with Gasteiger partial charge in [-0.15, -0.1) is 0 Å². The summed E-state index contributed by atoms with van der Waals surface area (Å²) in [5.74, 6) is -0.116. The molecule has 1 amide bonds. The van der Waals surface area contributed by atoms with Crippen molar-refractivity contribution in [2.75, 3.05) is 51.8 Å². The second-order valence-electron chi connectivity index (χ2n) is 9.04. The van der Waals surface area contributed by atoms with Gasteiger partial charge < -0.3 is 9.80 Å². The molecule has 1 aromatic rings. The zero-order chi connectivity index (χ0) is 24.6. The highest BCUT2D eigenvalue weighted by Crippen LogP contribution is 2.15. The van der Waals surface area contributed by atoms with E-state index < -0.39 is 19.9 Å². The van der Waals surface area contributed by atoms with Crippen LogP contribution in [-0.2, 0) is 31.1 Å². The van der Waals surface area contributed by atoms with Crippen molar-refractivity contribution in [1.29, 1.82) is 0 Å². The summed E-state index contributed by atoms with van der Waals surface area (Å²) in [5.41, 5.74) is 1.11. The van der Waals surface area contributed by atoms with Crippen LogP contribution < -0.4 is 0 Å². The molecular formula is C23H39N3O5S2. The van der Waals surface area contributed by atoms with Crippen molar-refractivity contribution in [3.63, 3.8) is 0 Å². The third-order valence-electron chi connectivity index (χ3n) is 6.11. The van der Waals surface area contributed by atoms with Crippen LogP contribution >= 0.6 is 0 Å². The summed E-state index contributed by atoms with van der Waals surface area (Å²) in [5, 5.41) is 0. The van der Waals surface area contributed by atoms with Gasteiger partial charge in [0.25, 0.3) is 0 Å². The molecule has 0 aliphatic carbocycles. The predicted molar refractivity (Wildman–Crippen MR) is 131 cm³/mol. The zero-order valence-electron chi connectivity index (χ0n) is 20.4. The standard InChI is InChI=1S/C23H39N3O5S2/c1-5-13-24(20(2)18-21-9-11-22(12-10-21)32(3,28)29)14-6-7-15-25-16-8-17-26(19-23(25)27)33(4,30)31/h9-12,20H,5-8,13-19H2,1-4H3. The Morgan fingerprint density at radius 2 is 1.67 bits per heavy atom. The normalized spacial score (nSPS) is 17.4. The first-order chi connectivity index (χ1) is 15.4. The van der Waals surface area contributed by atoms with Gasteiger partial charge in [0.15, 0.2) is 9.84 Å². The largest absolute Gasteiger partial charge is 0.342 e. The Morgan fingerprint density at radius 3 is 2.24 bits per heavy atom. The lowest BCUT2D eigenvalue weighted by atomic mass is 10.1. The minimum absolute atomic E-state index is 0.0596. The van der Waals surface area contributed by atoms with Gasteiger partial charge in [0.2, 0.25) is 15.9 Å². The molecule has 0 bridgehead atoms. The number of unbranched alkanes of at least 4 members (excludes halogenated alkanes) is 1. The maximum Gasteiger partial charge on any atom is 0.237 e. The molecule has 0 radical (unpaired) electrons. The Morgan fingerprint density at radius 1 is 1.00 bits per heavy atom. The average Bonchev–Trinajstić information content (AvgIpc) is 2.91. The molecular weight excluding hydrogens is 462 g/mol. The van der Waals surface area contributed by atoms with Crippen LogP contribution in [-0.4, -0.2) is 94.7 Å². The van der Waals surface area contributed by atoms with E-state index >= 15 is 0 Å². The number of rotatable bonds is 12. The minimum Gasteiger partial charge on any atom is -0.342 e. The number of sulfone groups is 1. The fourth-order valence-electron chi connectivity index (χ4n) is 4.21. The summed E-state index contributed by atoms with van der Waals surface area (Å²) >= 11 is 0. The Bertz CT molecular complexity index is 978. The molecule has 1 saturated heterocycles. The van der Waals surface area contributed by atoms with Crippen molar-refractivity contribution in [1.82, 2.24) is 14.1 Å². The zero-order valence-corrected chi connectivity index (χ0v) is 22.0. The van der Waals surface area contributed by atoms with E-state index in [1.807, 2.05) is 12.1 Å².